The number of nitrogens with zero attached hydrogens (tertiary/aromatic N) is 1. The average molecular weight is 274 g/mol. The Kier molecular flexibility index (Phi) is 4.30. The molecule has 0 saturated heterocycles. The van der Waals surface area contributed by atoms with E-state index < -0.39 is 0 Å². The van der Waals surface area contributed by atoms with Crippen molar-refractivity contribution in [2.75, 3.05) is 0 Å². The molecule has 0 saturated carbocycles. The Balaban J connectivity index is 2.06. The van der Waals surface area contributed by atoms with E-state index >= 15 is 0 Å². The molecule has 2 aromatic carbocycles. The van der Waals surface area contributed by atoms with Gasteiger partial charge in [0, 0.05) is 15.7 Å². The van der Waals surface area contributed by atoms with Crippen molar-refractivity contribution in [2.45, 2.75) is 17.6 Å². The molecule has 2 rings (SSSR count). The molecule has 0 spiro atoms. The Morgan fingerprint density at radius 1 is 1.17 bits per heavy atom. The first-order chi connectivity index (χ1) is 8.69. The lowest BCUT2D eigenvalue weighted by Gasteiger charge is -2.05. The van der Waals surface area contributed by atoms with Gasteiger partial charge in [0.1, 0.15) is 0 Å². The van der Waals surface area contributed by atoms with Gasteiger partial charge in [-0.05, 0) is 36.8 Å². The van der Waals surface area contributed by atoms with Crippen LogP contribution in [0.1, 0.15) is 16.7 Å². The van der Waals surface area contributed by atoms with Crippen molar-refractivity contribution in [3.63, 3.8) is 0 Å². The van der Waals surface area contributed by atoms with Crippen molar-refractivity contribution in [2.24, 2.45) is 0 Å². The van der Waals surface area contributed by atoms with Crippen molar-refractivity contribution in [1.82, 2.24) is 0 Å². The zero-order chi connectivity index (χ0) is 13.0. The summed E-state index contributed by atoms with van der Waals surface area (Å²) in [7, 11) is 0. The molecule has 0 aromatic heterocycles. The van der Waals surface area contributed by atoms with Gasteiger partial charge in [0.2, 0.25) is 0 Å². The molecule has 90 valence electrons. The number of thioether (sulfide) groups is 1. The van der Waals surface area contributed by atoms with Crippen molar-refractivity contribution in [3.05, 3.63) is 64.2 Å². The minimum Gasteiger partial charge on any atom is -0.192 e. The summed E-state index contributed by atoms with van der Waals surface area (Å²) in [5, 5.41) is 9.43. The van der Waals surface area contributed by atoms with Gasteiger partial charge >= 0.3 is 0 Å². The molecule has 0 aliphatic heterocycles. The van der Waals surface area contributed by atoms with Crippen LogP contribution in [0.3, 0.4) is 0 Å². The number of hydrogen-bond donors (Lipinski definition) is 0. The van der Waals surface area contributed by atoms with E-state index in [-0.39, 0.29) is 0 Å². The summed E-state index contributed by atoms with van der Waals surface area (Å²) in [6.45, 7) is 2.08. The summed E-state index contributed by atoms with van der Waals surface area (Å²) < 4.78 is 0. The maximum atomic E-state index is 8.77. The number of benzene rings is 2. The molecule has 0 bridgehead atoms. The van der Waals surface area contributed by atoms with Crippen LogP contribution in [0.2, 0.25) is 5.02 Å². The molecular formula is C15H12ClNS. The monoisotopic (exact) mass is 273 g/mol. The molecule has 0 radical (unpaired) electrons. The van der Waals surface area contributed by atoms with E-state index in [0.29, 0.717) is 10.6 Å². The first kappa shape index (κ1) is 13.0. The Labute approximate surface area is 116 Å². The average Bonchev–Trinajstić information content (AvgIpc) is 2.39. The van der Waals surface area contributed by atoms with Gasteiger partial charge in [0.25, 0.3) is 0 Å². The second-order valence-electron chi connectivity index (χ2n) is 4.02. The van der Waals surface area contributed by atoms with Gasteiger partial charge in [-0.3, -0.25) is 0 Å². The smallest absolute Gasteiger partial charge is 0.0992 e. The molecule has 1 nitrogen and oxygen atoms in total. The first-order valence-corrected chi connectivity index (χ1v) is 6.93. The van der Waals surface area contributed by atoms with Gasteiger partial charge in [-0.25, -0.2) is 0 Å². The molecule has 3 heteroatoms. The van der Waals surface area contributed by atoms with Crippen LogP contribution in [0.4, 0.5) is 0 Å². The number of rotatable bonds is 3. The highest BCUT2D eigenvalue weighted by molar-refractivity contribution is 7.98. The number of aryl methyl sites for hydroxylation is 1. The van der Waals surface area contributed by atoms with Gasteiger partial charge in [-0.15, -0.1) is 11.8 Å². The van der Waals surface area contributed by atoms with Gasteiger partial charge in [0.15, 0.2) is 0 Å². The quantitative estimate of drug-likeness (QED) is 0.749. The van der Waals surface area contributed by atoms with E-state index in [1.165, 1.54) is 10.5 Å². The standard InChI is InChI=1S/C15H12ClNS/c1-11-2-6-14(7-3-11)18-10-13-5-4-12(9-17)8-15(13)16/h2-8H,10H2,1H3. The predicted molar refractivity (Wildman–Crippen MR) is 76.9 cm³/mol. The van der Waals surface area contributed by atoms with Gasteiger partial charge < -0.3 is 0 Å². The van der Waals surface area contributed by atoms with Gasteiger partial charge in [-0.1, -0.05) is 35.4 Å². The zero-order valence-corrected chi connectivity index (χ0v) is 11.6. The van der Waals surface area contributed by atoms with Crippen LogP contribution in [-0.2, 0) is 5.75 Å². The molecule has 0 N–H and O–H groups in total. The lowest BCUT2D eigenvalue weighted by molar-refractivity contribution is 1.35. The molecule has 0 fully saturated rings. The molecule has 0 atom stereocenters. The molecule has 0 aliphatic carbocycles. The third kappa shape index (κ3) is 3.29. The predicted octanol–water partition coefficient (Wildman–Crippen LogP) is 4.81. The number of halogens is 1. The van der Waals surface area contributed by atoms with Crippen molar-refractivity contribution in [1.29, 1.82) is 5.26 Å². The molecule has 0 aliphatic rings. The molecule has 18 heavy (non-hydrogen) atoms. The summed E-state index contributed by atoms with van der Waals surface area (Å²) in [5.41, 5.74) is 2.92. The molecule has 0 heterocycles. The van der Waals surface area contributed by atoms with E-state index in [1.54, 1.807) is 23.9 Å². The number of hydrogen-bond acceptors (Lipinski definition) is 2. The molecule has 0 amide bonds. The third-order valence-electron chi connectivity index (χ3n) is 2.60. The largest absolute Gasteiger partial charge is 0.192 e. The van der Waals surface area contributed by atoms with E-state index in [1.807, 2.05) is 6.07 Å². The Hall–Kier alpha value is -1.43. The molecular weight excluding hydrogens is 262 g/mol. The van der Waals surface area contributed by atoms with Gasteiger partial charge in [-0.2, -0.15) is 5.26 Å². The normalized spacial score (nSPS) is 10.1. The fraction of sp³-hybridized carbons (Fsp3) is 0.133. The third-order valence-corrected chi connectivity index (χ3v) is 4.01. The van der Waals surface area contributed by atoms with Crippen molar-refractivity contribution < 1.29 is 0 Å². The van der Waals surface area contributed by atoms with E-state index in [0.717, 1.165) is 11.3 Å². The molecule has 0 unspecified atom stereocenters. The SMILES string of the molecule is Cc1ccc(SCc2ccc(C#N)cc2Cl)cc1. The lowest BCUT2D eigenvalue weighted by atomic mass is 10.2. The topological polar surface area (TPSA) is 23.8 Å². The van der Waals surface area contributed by atoms with Gasteiger partial charge in [0.05, 0.1) is 11.6 Å². The van der Waals surface area contributed by atoms with Crippen LogP contribution >= 0.6 is 23.4 Å². The van der Waals surface area contributed by atoms with Crippen molar-refractivity contribution in [3.8, 4) is 6.07 Å². The van der Waals surface area contributed by atoms with Crippen LogP contribution in [0.15, 0.2) is 47.4 Å². The Morgan fingerprint density at radius 3 is 2.50 bits per heavy atom. The lowest BCUT2D eigenvalue weighted by Crippen LogP contribution is -1.84. The number of nitriles is 1. The van der Waals surface area contributed by atoms with Crippen LogP contribution in [0, 0.1) is 18.3 Å². The highest BCUT2D eigenvalue weighted by atomic mass is 35.5. The summed E-state index contributed by atoms with van der Waals surface area (Å²) in [6, 6.07) is 15.9. The highest BCUT2D eigenvalue weighted by Crippen LogP contribution is 2.27. The van der Waals surface area contributed by atoms with Crippen LogP contribution in [-0.4, -0.2) is 0 Å². The maximum Gasteiger partial charge on any atom is 0.0992 e. The highest BCUT2D eigenvalue weighted by Gasteiger charge is 2.03. The summed E-state index contributed by atoms with van der Waals surface area (Å²) in [5.74, 6) is 0.813. The van der Waals surface area contributed by atoms with Crippen LogP contribution in [0.5, 0.6) is 0 Å². The van der Waals surface area contributed by atoms with Crippen LogP contribution in [0.25, 0.3) is 0 Å². The van der Waals surface area contributed by atoms with E-state index in [9.17, 15) is 0 Å². The summed E-state index contributed by atoms with van der Waals surface area (Å²) in [4.78, 5) is 1.22. The first-order valence-electron chi connectivity index (χ1n) is 5.57. The van der Waals surface area contributed by atoms with E-state index in [4.69, 9.17) is 16.9 Å². The van der Waals surface area contributed by atoms with Crippen molar-refractivity contribution >= 4 is 23.4 Å². The molecule has 2 aromatic rings. The van der Waals surface area contributed by atoms with E-state index in [2.05, 4.69) is 37.3 Å². The second-order valence-corrected chi connectivity index (χ2v) is 5.48. The Bertz CT molecular complexity index is 584. The zero-order valence-electron chi connectivity index (χ0n) is 9.98. The fourth-order valence-corrected chi connectivity index (χ4v) is 2.76. The Morgan fingerprint density at radius 2 is 1.89 bits per heavy atom. The second kappa shape index (κ2) is 5.95. The minimum absolute atomic E-state index is 0.601. The summed E-state index contributed by atoms with van der Waals surface area (Å²) >= 11 is 7.88. The maximum absolute atomic E-state index is 8.77. The summed E-state index contributed by atoms with van der Waals surface area (Å²) in [6.07, 6.45) is 0. The fourth-order valence-electron chi connectivity index (χ4n) is 1.53. The van der Waals surface area contributed by atoms with Crippen LogP contribution < -0.4 is 0 Å². The minimum atomic E-state index is 0.601.